The monoisotopic (exact) mass is 359 g/mol. The van der Waals surface area contributed by atoms with Gasteiger partial charge in [-0.1, -0.05) is 54.1 Å². The molecule has 1 N–H and O–H groups in total. The van der Waals surface area contributed by atoms with Gasteiger partial charge in [0.1, 0.15) is 5.82 Å². The van der Waals surface area contributed by atoms with Gasteiger partial charge in [0.2, 0.25) is 5.91 Å². The fourth-order valence-corrected chi connectivity index (χ4v) is 3.53. The topological polar surface area (TPSA) is 29.1 Å². The van der Waals surface area contributed by atoms with E-state index in [1.54, 1.807) is 17.4 Å². The SMILES string of the molecule is O=C(Cc1c(F)cccc1Cl)N[C@@H](c1ccccc1)c1cccs1. The first-order valence-corrected chi connectivity index (χ1v) is 8.71. The third kappa shape index (κ3) is 3.83. The van der Waals surface area contributed by atoms with Crippen molar-refractivity contribution in [1.82, 2.24) is 5.32 Å². The first-order valence-electron chi connectivity index (χ1n) is 7.46. The van der Waals surface area contributed by atoms with E-state index in [-0.39, 0.29) is 29.0 Å². The van der Waals surface area contributed by atoms with E-state index < -0.39 is 5.82 Å². The Labute approximate surface area is 148 Å². The first-order chi connectivity index (χ1) is 11.6. The number of benzene rings is 2. The quantitative estimate of drug-likeness (QED) is 0.683. The molecule has 1 heterocycles. The Kier molecular flexibility index (Phi) is 5.28. The molecule has 24 heavy (non-hydrogen) atoms. The van der Waals surface area contributed by atoms with Gasteiger partial charge in [0.25, 0.3) is 0 Å². The van der Waals surface area contributed by atoms with E-state index in [1.165, 1.54) is 12.1 Å². The van der Waals surface area contributed by atoms with Crippen LogP contribution in [0.3, 0.4) is 0 Å². The Bertz CT molecular complexity index is 800. The summed E-state index contributed by atoms with van der Waals surface area (Å²) < 4.78 is 13.9. The Morgan fingerprint density at radius 3 is 2.54 bits per heavy atom. The summed E-state index contributed by atoms with van der Waals surface area (Å²) in [6.45, 7) is 0. The Balaban J connectivity index is 1.82. The molecule has 3 aromatic rings. The van der Waals surface area contributed by atoms with Gasteiger partial charge in [0.05, 0.1) is 12.5 Å². The van der Waals surface area contributed by atoms with E-state index in [0.29, 0.717) is 0 Å². The predicted octanol–water partition coefficient (Wildman–Crippen LogP) is 4.99. The number of carbonyl (C=O) groups excluding carboxylic acids is 1. The highest BCUT2D eigenvalue weighted by atomic mass is 35.5. The second-order valence-corrected chi connectivity index (χ2v) is 6.69. The van der Waals surface area contributed by atoms with Gasteiger partial charge in [-0.15, -0.1) is 11.3 Å². The summed E-state index contributed by atoms with van der Waals surface area (Å²) in [6.07, 6.45) is -0.0970. The number of rotatable bonds is 5. The van der Waals surface area contributed by atoms with E-state index in [1.807, 2.05) is 47.8 Å². The molecule has 0 saturated heterocycles. The molecule has 0 aliphatic rings. The molecular formula is C19H15ClFNOS. The van der Waals surface area contributed by atoms with Gasteiger partial charge in [-0.25, -0.2) is 4.39 Å². The van der Waals surface area contributed by atoms with E-state index in [4.69, 9.17) is 11.6 Å². The molecule has 0 aliphatic carbocycles. The molecule has 0 bridgehead atoms. The number of nitrogens with one attached hydrogen (secondary N) is 1. The lowest BCUT2D eigenvalue weighted by Gasteiger charge is -2.18. The van der Waals surface area contributed by atoms with Crippen LogP contribution in [0.15, 0.2) is 66.0 Å². The van der Waals surface area contributed by atoms with Crippen LogP contribution in [-0.2, 0) is 11.2 Å². The lowest BCUT2D eigenvalue weighted by molar-refractivity contribution is -0.121. The third-order valence-corrected chi connectivity index (χ3v) is 4.96. The Hall–Kier alpha value is -2.17. The zero-order valence-corrected chi connectivity index (χ0v) is 14.3. The molecule has 5 heteroatoms. The minimum Gasteiger partial charge on any atom is -0.344 e. The van der Waals surface area contributed by atoms with Crippen molar-refractivity contribution >= 4 is 28.8 Å². The highest BCUT2D eigenvalue weighted by Crippen LogP contribution is 2.26. The van der Waals surface area contributed by atoms with Crippen molar-refractivity contribution in [3.05, 3.63) is 92.9 Å². The fraction of sp³-hybridized carbons (Fsp3) is 0.105. The van der Waals surface area contributed by atoms with Crippen molar-refractivity contribution in [3.8, 4) is 0 Å². The van der Waals surface area contributed by atoms with Crippen molar-refractivity contribution < 1.29 is 9.18 Å². The number of carbonyl (C=O) groups is 1. The zero-order valence-electron chi connectivity index (χ0n) is 12.7. The van der Waals surface area contributed by atoms with E-state index in [9.17, 15) is 9.18 Å². The van der Waals surface area contributed by atoms with Crippen molar-refractivity contribution in [2.75, 3.05) is 0 Å². The van der Waals surface area contributed by atoms with Crippen molar-refractivity contribution in [2.45, 2.75) is 12.5 Å². The average Bonchev–Trinajstić information content (AvgIpc) is 3.11. The number of amides is 1. The average molecular weight is 360 g/mol. The molecule has 2 nitrogen and oxygen atoms in total. The van der Waals surface area contributed by atoms with Gasteiger partial charge in [-0.2, -0.15) is 0 Å². The third-order valence-electron chi connectivity index (χ3n) is 3.66. The van der Waals surface area contributed by atoms with Crippen LogP contribution < -0.4 is 5.32 Å². The highest BCUT2D eigenvalue weighted by Gasteiger charge is 2.19. The van der Waals surface area contributed by atoms with Crippen LogP contribution in [0.1, 0.15) is 22.0 Å². The van der Waals surface area contributed by atoms with Crippen LogP contribution in [0.4, 0.5) is 4.39 Å². The van der Waals surface area contributed by atoms with Crippen LogP contribution in [-0.4, -0.2) is 5.91 Å². The summed E-state index contributed by atoms with van der Waals surface area (Å²) in [6, 6.07) is 17.8. The minimum absolute atomic E-state index is 0.0970. The molecular weight excluding hydrogens is 345 g/mol. The van der Waals surface area contributed by atoms with Crippen molar-refractivity contribution in [2.24, 2.45) is 0 Å². The summed E-state index contributed by atoms with van der Waals surface area (Å²) >= 11 is 7.57. The van der Waals surface area contributed by atoms with E-state index in [2.05, 4.69) is 5.32 Å². The summed E-state index contributed by atoms with van der Waals surface area (Å²) in [5.41, 5.74) is 1.20. The molecule has 1 aromatic heterocycles. The predicted molar refractivity (Wildman–Crippen MR) is 95.9 cm³/mol. The molecule has 3 rings (SSSR count). The lowest BCUT2D eigenvalue weighted by atomic mass is 10.0. The molecule has 0 spiro atoms. The molecule has 0 aliphatic heterocycles. The molecule has 0 unspecified atom stereocenters. The molecule has 2 aromatic carbocycles. The second-order valence-electron chi connectivity index (χ2n) is 5.30. The van der Waals surface area contributed by atoms with Crippen molar-refractivity contribution in [3.63, 3.8) is 0 Å². The standard InChI is InChI=1S/C19H15ClFNOS/c20-15-8-4-9-16(21)14(15)12-18(23)22-19(17-10-5-11-24-17)13-6-2-1-3-7-13/h1-11,19H,12H2,(H,22,23)/t19-/m0/s1. The van der Waals surface area contributed by atoms with Crippen LogP contribution in [0, 0.1) is 5.82 Å². The van der Waals surface area contributed by atoms with Gasteiger partial charge < -0.3 is 5.32 Å². The summed E-state index contributed by atoms with van der Waals surface area (Å²) in [4.78, 5) is 13.5. The summed E-state index contributed by atoms with van der Waals surface area (Å²) in [5, 5.41) is 5.21. The van der Waals surface area contributed by atoms with E-state index >= 15 is 0 Å². The number of halogens is 2. The Morgan fingerprint density at radius 2 is 1.88 bits per heavy atom. The lowest BCUT2D eigenvalue weighted by Crippen LogP contribution is -2.30. The second kappa shape index (κ2) is 7.60. The minimum atomic E-state index is -0.468. The van der Waals surface area contributed by atoms with Gasteiger partial charge in [-0.05, 0) is 29.1 Å². The van der Waals surface area contributed by atoms with Crippen LogP contribution >= 0.6 is 22.9 Å². The van der Waals surface area contributed by atoms with Gasteiger partial charge in [-0.3, -0.25) is 4.79 Å². The highest BCUT2D eigenvalue weighted by molar-refractivity contribution is 7.10. The largest absolute Gasteiger partial charge is 0.344 e. The maximum atomic E-state index is 13.9. The Morgan fingerprint density at radius 1 is 1.08 bits per heavy atom. The maximum absolute atomic E-state index is 13.9. The first kappa shape index (κ1) is 16.7. The molecule has 1 amide bonds. The number of hydrogen-bond acceptors (Lipinski definition) is 2. The van der Waals surface area contributed by atoms with Crippen LogP contribution in [0.25, 0.3) is 0 Å². The van der Waals surface area contributed by atoms with Gasteiger partial charge in [0.15, 0.2) is 0 Å². The van der Waals surface area contributed by atoms with Crippen LogP contribution in [0.5, 0.6) is 0 Å². The smallest absolute Gasteiger partial charge is 0.225 e. The normalized spacial score (nSPS) is 11.9. The van der Waals surface area contributed by atoms with Crippen LogP contribution in [0.2, 0.25) is 5.02 Å². The number of thiophene rings is 1. The van der Waals surface area contributed by atoms with Gasteiger partial charge >= 0.3 is 0 Å². The number of hydrogen-bond donors (Lipinski definition) is 1. The summed E-state index contributed by atoms with van der Waals surface area (Å²) in [7, 11) is 0. The maximum Gasteiger partial charge on any atom is 0.225 e. The zero-order chi connectivity index (χ0) is 16.9. The van der Waals surface area contributed by atoms with Crippen molar-refractivity contribution in [1.29, 1.82) is 0 Å². The molecule has 0 saturated carbocycles. The molecule has 0 fully saturated rings. The van der Waals surface area contributed by atoms with Gasteiger partial charge in [0, 0.05) is 15.5 Å². The molecule has 122 valence electrons. The van der Waals surface area contributed by atoms with E-state index in [0.717, 1.165) is 10.4 Å². The summed E-state index contributed by atoms with van der Waals surface area (Å²) in [5.74, 6) is -0.741. The molecule has 1 atom stereocenters. The molecule has 0 radical (unpaired) electrons. The fourth-order valence-electron chi connectivity index (χ4n) is 2.49.